The molecule has 106 valence electrons. The molecule has 2 heterocycles. The standard InChI is InChI=1S/C14H23N3OS/c1-10-12(15)8-13(19-10)14(18)17-6-4-11(5-7-17)9-16(2)3/h8,11H,4-7,9,15H2,1-3H3. The Balaban J connectivity index is 1.92. The van der Waals surface area contributed by atoms with Gasteiger partial charge in [-0.05, 0) is 45.8 Å². The predicted octanol–water partition coefficient (Wildman–Crippen LogP) is 2.05. The molecular formula is C14H23N3OS. The molecule has 0 aliphatic carbocycles. The summed E-state index contributed by atoms with van der Waals surface area (Å²) < 4.78 is 0. The van der Waals surface area contributed by atoms with Crippen LogP contribution in [0.4, 0.5) is 5.69 Å². The number of likely N-dealkylation sites (tertiary alicyclic amines) is 1. The molecule has 0 bridgehead atoms. The Bertz CT molecular complexity index is 428. The summed E-state index contributed by atoms with van der Waals surface area (Å²) in [4.78, 5) is 18.4. The van der Waals surface area contributed by atoms with Gasteiger partial charge < -0.3 is 15.5 Å². The van der Waals surface area contributed by atoms with Crippen LogP contribution in [-0.2, 0) is 0 Å². The molecule has 0 radical (unpaired) electrons. The third-order valence-electron chi connectivity index (χ3n) is 3.69. The summed E-state index contributed by atoms with van der Waals surface area (Å²) in [5.74, 6) is 0.863. The minimum atomic E-state index is 0.146. The van der Waals surface area contributed by atoms with E-state index >= 15 is 0 Å². The molecule has 1 aromatic rings. The second kappa shape index (κ2) is 5.92. The van der Waals surface area contributed by atoms with Crippen LogP contribution >= 0.6 is 11.3 Å². The van der Waals surface area contributed by atoms with Crippen LogP contribution in [0.15, 0.2) is 6.07 Å². The van der Waals surface area contributed by atoms with Crippen LogP contribution in [0.2, 0.25) is 0 Å². The van der Waals surface area contributed by atoms with E-state index in [9.17, 15) is 4.79 Å². The number of nitrogen functional groups attached to an aromatic ring is 1. The Kier molecular flexibility index (Phi) is 4.47. The van der Waals surface area contributed by atoms with E-state index in [0.29, 0.717) is 5.92 Å². The molecule has 0 spiro atoms. The molecule has 0 aromatic carbocycles. The van der Waals surface area contributed by atoms with Crippen molar-refractivity contribution in [3.05, 3.63) is 15.8 Å². The number of nitrogens with zero attached hydrogens (tertiary/aromatic N) is 2. The smallest absolute Gasteiger partial charge is 0.264 e. The zero-order chi connectivity index (χ0) is 14.0. The predicted molar refractivity (Wildman–Crippen MR) is 80.6 cm³/mol. The number of amides is 1. The fourth-order valence-corrected chi connectivity index (χ4v) is 3.50. The molecule has 2 rings (SSSR count). The lowest BCUT2D eigenvalue weighted by molar-refractivity contribution is 0.0683. The van der Waals surface area contributed by atoms with Gasteiger partial charge in [-0.25, -0.2) is 0 Å². The summed E-state index contributed by atoms with van der Waals surface area (Å²) in [6.45, 7) is 4.82. The lowest BCUT2D eigenvalue weighted by Crippen LogP contribution is -2.40. The maximum atomic E-state index is 12.4. The monoisotopic (exact) mass is 281 g/mol. The molecule has 5 heteroatoms. The van der Waals surface area contributed by atoms with Crippen molar-refractivity contribution in [1.82, 2.24) is 9.80 Å². The average molecular weight is 281 g/mol. The maximum absolute atomic E-state index is 12.4. The Labute approximate surface area is 119 Å². The van der Waals surface area contributed by atoms with Crippen LogP contribution in [0, 0.1) is 12.8 Å². The largest absolute Gasteiger partial charge is 0.398 e. The van der Waals surface area contributed by atoms with Gasteiger partial charge in [-0.1, -0.05) is 0 Å². The molecule has 1 aliphatic heterocycles. The van der Waals surface area contributed by atoms with Gasteiger partial charge in [-0.3, -0.25) is 4.79 Å². The second-order valence-corrected chi connectivity index (χ2v) is 6.88. The number of aryl methyl sites for hydroxylation is 1. The molecule has 1 aromatic heterocycles. The van der Waals surface area contributed by atoms with Gasteiger partial charge in [-0.15, -0.1) is 11.3 Å². The molecule has 1 saturated heterocycles. The number of carbonyl (C=O) groups is 1. The molecule has 4 nitrogen and oxygen atoms in total. The maximum Gasteiger partial charge on any atom is 0.264 e. The summed E-state index contributed by atoms with van der Waals surface area (Å²) >= 11 is 1.50. The second-order valence-electron chi connectivity index (χ2n) is 5.62. The highest BCUT2D eigenvalue weighted by molar-refractivity contribution is 7.14. The number of carbonyl (C=O) groups excluding carboxylic acids is 1. The first-order valence-electron chi connectivity index (χ1n) is 6.77. The number of hydrogen-bond donors (Lipinski definition) is 1. The first-order chi connectivity index (χ1) is 8.97. The summed E-state index contributed by atoms with van der Waals surface area (Å²) in [6.07, 6.45) is 2.20. The third-order valence-corrected chi connectivity index (χ3v) is 4.75. The quantitative estimate of drug-likeness (QED) is 0.922. The summed E-state index contributed by atoms with van der Waals surface area (Å²) in [6, 6.07) is 1.81. The first kappa shape index (κ1) is 14.3. The normalized spacial score (nSPS) is 17.2. The van der Waals surface area contributed by atoms with Crippen molar-refractivity contribution in [2.24, 2.45) is 5.92 Å². The Morgan fingerprint density at radius 3 is 2.58 bits per heavy atom. The SMILES string of the molecule is Cc1sc(C(=O)N2CCC(CN(C)C)CC2)cc1N. The number of piperidine rings is 1. The zero-order valence-corrected chi connectivity index (χ0v) is 12.8. The number of nitrogens with two attached hydrogens (primary N) is 1. The molecule has 1 aliphatic rings. The van der Waals surface area contributed by atoms with E-state index in [1.807, 2.05) is 17.9 Å². The van der Waals surface area contributed by atoms with Crippen LogP contribution in [0.1, 0.15) is 27.4 Å². The van der Waals surface area contributed by atoms with Crippen molar-refractivity contribution in [1.29, 1.82) is 0 Å². The number of rotatable bonds is 3. The molecule has 2 N–H and O–H groups in total. The summed E-state index contributed by atoms with van der Waals surface area (Å²) in [5, 5.41) is 0. The number of thiophene rings is 1. The van der Waals surface area contributed by atoms with E-state index in [1.165, 1.54) is 11.3 Å². The van der Waals surface area contributed by atoms with E-state index in [2.05, 4.69) is 19.0 Å². The molecule has 19 heavy (non-hydrogen) atoms. The van der Waals surface area contributed by atoms with Crippen LogP contribution in [-0.4, -0.2) is 49.4 Å². The van der Waals surface area contributed by atoms with Crippen LogP contribution in [0.3, 0.4) is 0 Å². The highest BCUT2D eigenvalue weighted by Gasteiger charge is 2.25. The van der Waals surface area contributed by atoms with Gasteiger partial charge in [0.05, 0.1) is 4.88 Å². The minimum Gasteiger partial charge on any atom is -0.398 e. The van der Waals surface area contributed by atoms with Gasteiger partial charge in [0.2, 0.25) is 0 Å². The van der Waals surface area contributed by atoms with Crippen molar-refractivity contribution in [3.63, 3.8) is 0 Å². The van der Waals surface area contributed by atoms with E-state index in [4.69, 9.17) is 5.73 Å². The van der Waals surface area contributed by atoms with E-state index in [1.54, 1.807) is 0 Å². The topological polar surface area (TPSA) is 49.6 Å². The highest BCUT2D eigenvalue weighted by atomic mass is 32.1. The lowest BCUT2D eigenvalue weighted by Gasteiger charge is -2.33. The summed E-state index contributed by atoms with van der Waals surface area (Å²) in [5.41, 5.74) is 6.55. The zero-order valence-electron chi connectivity index (χ0n) is 12.0. The number of anilines is 1. The molecule has 0 atom stereocenters. The molecule has 1 fully saturated rings. The van der Waals surface area contributed by atoms with Crippen molar-refractivity contribution in [2.75, 3.05) is 39.5 Å². The minimum absolute atomic E-state index is 0.146. The van der Waals surface area contributed by atoms with Crippen molar-refractivity contribution < 1.29 is 4.79 Å². The fourth-order valence-electron chi connectivity index (χ4n) is 2.59. The van der Waals surface area contributed by atoms with E-state index in [0.717, 1.165) is 47.9 Å². The Morgan fingerprint density at radius 1 is 1.47 bits per heavy atom. The van der Waals surface area contributed by atoms with Gasteiger partial charge >= 0.3 is 0 Å². The van der Waals surface area contributed by atoms with Gasteiger partial charge in [-0.2, -0.15) is 0 Å². The summed E-state index contributed by atoms with van der Waals surface area (Å²) in [7, 11) is 4.21. The fraction of sp³-hybridized carbons (Fsp3) is 0.643. The van der Waals surface area contributed by atoms with E-state index < -0.39 is 0 Å². The lowest BCUT2D eigenvalue weighted by atomic mass is 9.96. The average Bonchev–Trinajstić information content (AvgIpc) is 2.69. The van der Waals surface area contributed by atoms with Gasteiger partial charge in [0.25, 0.3) is 5.91 Å². The van der Waals surface area contributed by atoms with Crippen molar-refractivity contribution in [3.8, 4) is 0 Å². The molecule has 0 unspecified atom stereocenters. The van der Waals surface area contributed by atoms with Crippen LogP contribution < -0.4 is 5.73 Å². The first-order valence-corrected chi connectivity index (χ1v) is 7.59. The highest BCUT2D eigenvalue weighted by Crippen LogP contribution is 2.26. The molecular weight excluding hydrogens is 258 g/mol. The van der Waals surface area contributed by atoms with Crippen molar-refractivity contribution >= 4 is 22.9 Å². The molecule has 0 saturated carbocycles. The Morgan fingerprint density at radius 2 is 2.11 bits per heavy atom. The van der Waals surface area contributed by atoms with E-state index in [-0.39, 0.29) is 5.91 Å². The molecule has 1 amide bonds. The van der Waals surface area contributed by atoms with Crippen LogP contribution in [0.5, 0.6) is 0 Å². The number of hydrogen-bond acceptors (Lipinski definition) is 4. The Hall–Kier alpha value is -1.07. The van der Waals surface area contributed by atoms with Crippen molar-refractivity contribution in [2.45, 2.75) is 19.8 Å². The third kappa shape index (κ3) is 3.48. The van der Waals surface area contributed by atoms with Gasteiger partial charge in [0.15, 0.2) is 0 Å². The van der Waals surface area contributed by atoms with Gasteiger partial charge in [0, 0.05) is 30.2 Å². The van der Waals surface area contributed by atoms with Crippen LogP contribution in [0.25, 0.3) is 0 Å². The van der Waals surface area contributed by atoms with Gasteiger partial charge in [0.1, 0.15) is 0 Å².